The predicted octanol–water partition coefficient (Wildman–Crippen LogP) is 1.36. The summed E-state index contributed by atoms with van der Waals surface area (Å²) in [6.07, 6.45) is 3.10. The van der Waals surface area contributed by atoms with Crippen LogP contribution in [0.4, 0.5) is 0 Å². The highest BCUT2D eigenvalue weighted by molar-refractivity contribution is 8.00. The highest BCUT2D eigenvalue weighted by atomic mass is 32.2. The first-order valence-electron chi connectivity index (χ1n) is 6.44. The van der Waals surface area contributed by atoms with Gasteiger partial charge in [0.05, 0.1) is 5.54 Å². The number of likely N-dealkylation sites (tertiary alicyclic amines) is 1. The van der Waals surface area contributed by atoms with E-state index in [9.17, 15) is 9.59 Å². The van der Waals surface area contributed by atoms with Gasteiger partial charge in [0.25, 0.3) is 0 Å². The summed E-state index contributed by atoms with van der Waals surface area (Å²) >= 11 is 1.85. The fourth-order valence-electron chi connectivity index (χ4n) is 3.93. The zero-order valence-corrected chi connectivity index (χ0v) is 11.3. The Hall–Kier alpha value is -0.350. The van der Waals surface area contributed by atoms with Gasteiger partial charge >= 0.3 is 0 Å². The molecule has 0 radical (unpaired) electrons. The van der Waals surface area contributed by atoms with Gasteiger partial charge in [0.15, 0.2) is 5.78 Å². The lowest BCUT2D eigenvalue weighted by atomic mass is 9.85. The number of nitrogens with zero attached hydrogens (tertiary/aromatic N) is 1. The van der Waals surface area contributed by atoms with Crippen LogP contribution in [-0.4, -0.2) is 46.6 Å². The van der Waals surface area contributed by atoms with Crippen LogP contribution in [0.2, 0.25) is 0 Å². The molecule has 0 aromatic heterocycles. The van der Waals surface area contributed by atoms with Crippen LogP contribution >= 0.6 is 11.8 Å². The molecule has 2 saturated heterocycles. The number of hydrogen-bond donors (Lipinski definition) is 0. The molecule has 17 heavy (non-hydrogen) atoms. The van der Waals surface area contributed by atoms with Crippen molar-refractivity contribution in [2.45, 2.75) is 37.0 Å². The molecule has 0 aromatic rings. The van der Waals surface area contributed by atoms with Crippen LogP contribution in [-0.2, 0) is 9.59 Å². The highest BCUT2D eigenvalue weighted by Crippen LogP contribution is 2.53. The van der Waals surface area contributed by atoms with E-state index < -0.39 is 0 Å². The van der Waals surface area contributed by atoms with Crippen LogP contribution in [0, 0.1) is 11.8 Å². The van der Waals surface area contributed by atoms with Crippen molar-refractivity contribution < 1.29 is 9.59 Å². The second kappa shape index (κ2) is 3.82. The summed E-state index contributed by atoms with van der Waals surface area (Å²) in [7, 11) is 2.07. The van der Waals surface area contributed by atoms with Crippen molar-refractivity contribution in [1.29, 1.82) is 0 Å². The number of hydrogen-bond acceptors (Lipinski definition) is 4. The third-order valence-electron chi connectivity index (χ3n) is 4.96. The van der Waals surface area contributed by atoms with Crippen molar-refractivity contribution in [3.8, 4) is 0 Å². The van der Waals surface area contributed by atoms with Crippen molar-refractivity contribution in [3.05, 3.63) is 0 Å². The third-order valence-corrected chi connectivity index (χ3v) is 6.40. The Balaban J connectivity index is 1.92. The lowest BCUT2D eigenvalue weighted by Gasteiger charge is -2.31. The SMILES string of the molecule is CC(=O)[C@H]1CS[C@@H]2C[C@]3(CCCN3C)C(=O)C12. The molecule has 1 saturated carbocycles. The fraction of sp³-hybridized carbons (Fsp3) is 0.846. The summed E-state index contributed by atoms with van der Waals surface area (Å²) in [6.45, 7) is 2.67. The normalized spacial score (nSPS) is 45.8. The lowest BCUT2D eigenvalue weighted by Crippen LogP contribution is -2.47. The monoisotopic (exact) mass is 253 g/mol. The molecule has 0 amide bonds. The number of likely N-dealkylation sites (N-methyl/N-ethyl adjacent to an activating group) is 1. The second-order valence-corrected chi connectivity index (χ2v) is 7.01. The average Bonchev–Trinajstić information content (AvgIpc) is 2.89. The van der Waals surface area contributed by atoms with E-state index in [1.54, 1.807) is 6.92 Å². The summed E-state index contributed by atoms with van der Waals surface area (Å²) in [5.74, 6) is 1.43. The predicted molar refractivity (Wildman–Crippen MR) is 68.1 cm³/mol. The Kier molecular flexibility index (Phi) is 2.63. The molecule has 1 aliphatic carbocycles. The smallest absolute Gasteiger partial charge is 0.158 e. The van der Waals surface area contributed by atoms with Gasteiger partial charge in [-0.3, -0.25) is 14.5 Å². The molecule has 94 valence electrons. The first-order valence-corrected chi connectivity index (χ1v) is 7.49. The Morgan fingerprint density at radius 2 is 2.29 bits per heavy atom. The summed E-state index contributed by atoms with van der Waals surface area (Å²) in [5.41, 5.74) is -0.212. The van der Waals surface area contributed by atoms with E-state index in [-0.39, 0.29) is 23.2 Å². The molecule has 4 heteroatoms. The van der Waals surface area contributed by atoms with Crippen LogP contribution in [0.15, 0.2) is 0 Å². The molecule has 4 atom stereocenters. The van der Waals surface area contributed by atoms with E-state index in [4.69, 9.17) is 0 Å². The van der Waals surface area contributed by atoms with E-state index in [0.29, 0.717) is 11.0 Å². The van der Waals surface area contributed by atoms with E-state index in [0.717, 1.165) is 31.6 Å². The maximum atomic E-state index is 12.7. The minimum absolute atomic E-state index is 0.00845. The number of carbonyl (C=O) groups is 2. The molecule has 3 rings (SSSR count). The molecule has 2 heterocycles. The third kappa shape index (κ3) is 1.46. The molecule has 3 fully saturated rings. The Morgan fingerprint density at radius 1 is 1.53 bits per heavy atom. The number of thioether (sulfide) groups is 1. The molecular formula is C13H19NO2S. The fourth-order valence-corrected chi connectivity index (χ4v) is 5.74. The van der Waals surface area contributed by atoms with Gasteiger partial charge in [-0.2, -0.15) is 11.8 Å². The van der Waals surface area contributed by atoms with E-state index >= 15 is 0 Å². The summed E-state index contributed by atoms with van der Waals surface area (Å²) in [4.78, 5) is 26.6. The van der Waals surface area contributed by atoms with Crippen molar-refractivity contribution in [1.82, 2.24) is 4.90 Å². The number of fused-ring (bicyclic) bond motifs is 1. The molecule has 3 aliphatic rings. The van der Waals surface area contributed by atoms with Crippen molar-refractivity contribution >= 4 is 23.3 Å². The van der Waals surface area contributed by atoms with E-state index in [2.05, 4.69) is 11.9 Å². The first-order chi connectivity index (χ1) is 8.06. The summed E-state index contributed by atoms with van der Waals surface area (Å²) < 4.78 is 0. The Labute approximate surface area is 106 Å². The maximum absolute atomic E-state index is 12.7. The van der Waals surface area contributed by atoms with Crippen molar-refractivity contribution in [2.24, 2.45) is 11.8 Å². The molecular weight excluding hydrogens is 234 g/mol. The number of carbonyl (C=O) groups excluding carboxylic acids is 2. The maximum Gasteiger partial charge on any atom is 0.158 e. The van der Waals surface area contributed by atoms with E-state index in [1.807, 2.05) is 11.8 Å². The lowest BCUT2D eigenvalue weighted by molar-refractivity contribution is -0.133. The average molecular weight is 253 g/mol. The van der Waals surface area contributed by atoms with Gasteiger partial charge in [0.2, 0.25) is 0 Å². The van der Waals surface area contributed by atoms with Gasteiger partial charge in [-0.15, -0.1) is 0 Å². The largest absolute Gasteiger partial charge is 0.300 e. The minimum Gasteiger partial charge on any atom is -0.300 e. The molecule has 0 aromatic carbocycles. The summed E-state index contributed by atoms with van der Waals surface area (Å²) in [5, 5.41) is 0.400. The van der Waals surface area contributed by atoms with Gasteiger partial charge in [0, 0.05) is 22.8 Å². The van der Waals surface area contributed by atoms with Gasteiger partial charge in [-0.05, 0) is 39.8 Å². The quantitative estimate of drug-likeness (QED) is 0.707. The van der Waals surface area contributed by atoms with Crippen LogP contribution in [0.1, 0.15) is 26.2 Å². The highest BCUT2D eigenvalue weighted by Gasteiger charge is 2.61. The molecule has 1 unspecified atom stereocenters. The van der Waals surface area contributed by atoms with Gasteiger partial charge < -0.3 is 0 Å². The standard InChI is InChI=1S/C13H19NO2S/c1-8(15)9-7-17-10-6-13(12(16)11(9)10)4-3-5-14(13)2/h9-11H,3-7H2,1-2H3/t9-,10-,11?,13-/m1/s1. The van der Waals surface area contributed by atoms with Crippen LogP contribution in [0.25, 0.3) is 0 Å². The van der Waals surface area contributed by atoms with E-state index in [1.165, 1.54) is 0 Å². The Morgan fingerprint density at radius 3 is 2.88 bits per heavy atom. The molecule has 0 N–H and O–H groups in total. The van der Waals surface area contributed by atoms with Crippen molar-refractivity contribution in [3.63, 3.8) is 0 Å². The molecule has 1 spiro atoms. The number of ketones is 2. The minimum atomic E-state index is -0.212. The van der Waals surface area contributed by atoms with Crippen molar-refractivity contribution in [2.75, 3.05) is 19.3 Å². The number of Topliss-reactive ketones (excluding diaryl/α,β-unsaturated/α-hetero) is 2. The molecule has 3 nitrogen and oxygen atoms in total. The molecule has 0 bridgehead atoms. The number of rotatable bonds is 1. The Bertz CT molecular complexity index is 384. The topological polar surface area (TPSA) is 37.4 Å². The van der Waals surface area contributed by atoms with Gasteiger partial charge in [-0.1, -0.05) is 0 Å². The van der Waals surface area contributed by atoms with Crippen LogP contribution < -0.4 is 0 Å². The zero-order chi connectivity index (χ0) is 12.2. The first kappa shape index (κ1) is 11.7. The summed E-state index contributed by atoms with van der Waals surface area (Å²) in [6, 6.07) is 0. The van der Waals surface area contributed by atoms with Gasteiger partial charge in [0.1, 0.15) is 5.78 Å². The van der Waals surface area contributed by atoms with Crippen LogP contribution in [0.5, 0.6) is 0 Å². The van der Waals surface area contributed by atoms with Gasteiger partial charge in [-0.25, -0.2) is 0 Å². The van der Waals surface area contributed by atoms with Crippen LogP contribution in [0.3, 0.4) is 0 Å². The molecule has 2 aliphatic heterocycles. The zero-order valence-electron chi connectivity index (χ0n) is 10.4. The second-order valence-electron chi connectivity index (χ2n) is 5.74.